The van der Waals surface area contributed by atoms with Crippen molar-refractivity contribution in [2.75, 3.05) is 6.54 Å². The Kier molecular flexibility index (Phi) is 3.76. The zero-order valence-electron chi connectivity index (χ0n) is 10.6. The van der Waals surface area contributed by atoms with E-state index in [1.807, 2.05) is 30.9 Å². The Morgan fingerprint density at radius 2 is 2.33 bits per heavy atom. The molecule has 0 aliphatic heterocycles. The first-order valence-electron chi connectivity index (χ1n) is 5.92. The first kappa shape index (κ1) is 12.3. The zero-order valence-corrected chi connectivity index (χ0v) is 10.6. The third-order valence-electron chi connectivity index (χ3n) is 2.67. The van der Waals surface area contributed by atoms with Crippen LogP contribution in [0, 0.1) is 6.92 Å². The first-order chi connectivity index (χ1) is 8.66. The topological polar surface area (TPSA) is 64.7 Å². The second kappa shape index (κ2) is 5.48. The number of amides is 1. The molecule has 0 aliphatic carbocycles. The van der Waals surface area contributed by atoms with Gasteiger partial charge in [0.2, 0.25) is 0 Å². The van der Waals surface area contributed by atoms with Crippen molar-refractivity contribution in [1.29, 1.82) is 0 Å². The van der Waals surface area contributed by atoms with Gasteiger partial charge in [0.1, 0.15) is 0 Å². The summed E-state index contributed by atoms with van der Waals surface area (Å²) in [4.78, 5) is 11.9. The van der Waals surface area contributed by atoms with Crippen molar-refractivity contribution >= 4 is 5.91 Å². The van der Waals surface area contributed by atoms with Crippen molar-refractivity contribution in [3.8, 4) is 0 Å². The molecule has 0 spiro atoms. The van der Waals surface area contributed by atoms with Gasteiger partial charge >= 0.3 is 0 Å². The van der Waals surface area contributed by atoms with Crippen molar-refractivity contribution < 1.29 is 4.79 Å². The third-order valence-corrected chi connectivity index (χ3v) is 2.67. The third kappa shape index (κ3) is 2.97. The molecular weight excluding hydrogens is 230 g/mol. The van der Waals surface area contributed by atoms with Gasteiger partial charge in [0.15, 0.2) is 0 Å². The first-order valence-corrected chi connectivity index (χ1v) is 5.92. The minimum atomic E-state index is -0.0685. The van der Waals surface area contributed by atoms with Crippen molar-refractivity contribution in [2.24, 2.45) is 7.05 Å². The van der Waals surface area contributed by atoms with Crippen LogP contribution in [0.4, 0.5) is 0 Å². The van der Waals surface area contributed by atoms with Gasteiger partial charge in [-0.2, -0.15) is 10.2 Å². The van der Waals surface area contributed by atoms with E-state index in [1.54, 1.807) is 17.1 Å². The second-order valence-corrected chi connectivity index (χ2v) is 4.18. The molecule has 0 unspecified atom stereocenters. The van der Waals surface area contributed by atoms with Crippen molar-refractivity contribution in [3.05, 3.63) is 35.9 Å². The summed E-state index contributed by atoms with van der Waals surface area (Å²) in [5.74, 6) is -0.0685. The minimum Gasteiger partial charge on any atom is -0.352 e. The van der Waals surface area contributed by atoms with Gasteiger partial charge in [-0.1, -0.05) is 0 Å². The average Bonchev–Trinajstić information content (AvgIpc) is 2.94. The van der Waals surface area contributed by atoms with Crippen LogP contribution in [0.15, 0.2) is 24.7 Å². The summed E-state index contributed by atoms with van der Waals surface area (Å²) in [7, 11) is 1.81. The van der Waals surface area contributed by atoms with Crippen LogP contribution in [0.2, 0.25) is 0 Å². The number of aromatic nitrogens is 4. The summed E-state index contributed by atoms with van der Waals surface area (Å²) in [5, 5.41) is 11.1. The van der Waals surface area contributed by atoms with Gasteiger partial charge in [-0.15, -0.1) is 0 Å². The summed E-state index contributed by atoms with van der Waals surface area (Å²) in [6.45, 7) is 3.27. The number of carbonyl (C=O) groups is 1. The highest BCUT2D eigenvalue weighted by molar-refractivity contribution is 5.94. The standard InChI is InChI=1S/C12H17N5O/c1-10-11(9-16(2)15-10)12(18)13-5-3-7-17-8-4-6-14-17/h4,6,8-9H,3,5,7H2,1-2H3,(H,13,18). The largest absolute Gasteiger partial charge is 0.352 e. The highest BCUT2D eigenvalue weighted by Gasteiger charge is 2.11. The highest BCUT2D eigenvalue weighted by atomic mass is 16.1. The highest BCUT2D eigenvalue weighted by Crippen LogP contribution is 2.03. The lowest BCUT2D eigenvalue weighted by molar-refractivity contribution is 0.0952. The van der Waals surface area contributed by atoms with Crippen LogP contribution >= 0.6 is 0 Å². The molecule has 0 bridgehead atoms. The summed E-state index contributed by atoms with van der Waals surface area (Å²) >= 11 is 0. The molecule has 1 N–H and O–H groups in total. The molecule has 0 aromatic carbocycles. The lowest BCUT2D eigenvalue weighted by Gasteiger charge is -2.04. The van der Waals surface area contributed by atoms with Crippen molar-refractivity contribution in [1.82, 2.24) is 24.9 Å². The van der Waals surface area contributed by atoms with Crippen molar-refractivity contribution in [2.45, 2.75) is 19.9 Å². The molecule has 18 heavy (non-hydrogen) atoms. The van der Waals surface area contributed by atoms with E-state index in [0.29, 0.717) is 12.1 Å². The summed E-state index contributed by atoms with van der Waals surface area (Å²) < 4.78 is 3.50. The van der Waals surface area contributed by atoms with E-state index in [-0.39, 0.29) is 5.91 Å². The number of hydrogen-bond acceptors (Lipinski definition) is 3. The Labute approximate surface area is 106 Å². The van der Waals surface area contributed by atoms with Gasteiger partial charge in [-0.3, -0.25) is 14.2 Å². The number of nitrogens with zero attached hydrogens (tertiary/aromatic N) is 4. The van der Waals surface area contributed by atoms with Crippen LogP contribution in [0.25, 0.3) is 0 Å². The molecule has 0 saturated carbocycles. The SMILES string of the molecule is Cc1nn(C)cc1C(=O)NCCCn1cccn1. The van der Waals surface area contributed by atoms with E-state index < -0.39 is 0 Å². The molecule has 0 radical (unpaired) electrons. The molecule has 0 aliphatic rings. The molecule has 0 atom stereocenters. The Morgan fingerprint density at radius 1 is 1.50 bits per heavy atom. The molecule has 2 aromatic rings. The van der Waals surface area contributed by atoms with E-state index in [0.717, 1.165) is 18.7 Å². The Hall–Kier alpha value is -2.11. The summed E-state index contributed by atoms with van der Waals surface area (Å²) in [6.07, 6.45) is 6.25. The number of nitrogens with one attached hydrogen (secondary N) is 1. The summed E-state index contributed by atoms with van der Waals surface area (Å²) in [6, 6.07) is 1.89. The molecule has 6 nitrogen and oxygen atoms in total. The lowest BCUT2D eigenvalue weighted by Crippen LogP contribution is -2.25. The number of hydrogen-bond donors (Lipinski definition) is 1. The number of rotatable bonds is 5. The molecule has 2 heterocycles. The second-order valence-electron chi connectivity index (χ2n) is 4.18. The van der Waals surface area contributed by atoms with Gasteiger partial charge < -0.3 is 5.32 Å². The molecule has 0 fully saturated rings. The summed E-state index contributed by atoms with van der Waals surface area (Å²) in [5.41, 5.74) is 1.39. The predicted molar refractivity (Wildman–Crippen MR) is 67.1 cm³/mol. The fourth-order valence-corrected chi connectivity index (χ4v) is 1.79. The Balaban J connectivity index is 1.77. The van der Waals surface area contributed by atoms with E-state index in [4.69, 9.17) is 0 Å². The fraction of sp³-hybridized carbons (Fsp3) is 0.417. The van der Waals surface area contributed by atoms with E-state index >= 15 is 0 Å². The Morgan fingerprint density at radius 3 is 2.94 bits per heavy atom. The molecule has 6 heteroatoms. The van der Waals surface area contributed by atoms with Crippen LogP contribution < -0.4 is 5.32 Å². The van der Waals surface area contributed by atoms with Gasteiger partial charge in [0, 0.05) is 38.7 Å². The maximum absolute atomic E-state index is 11.9. The minimum absolute atomic E-state index is 0.0685. The average molecular weight is 247 g/mol. The van der Waals surface area contributed by atoms with E-state index in [2.05, 4.69) is 15.5 Å². The molecular formula is C12H17N5O. The molecule has 0 saturated heterocycles. The molecule has 2 rings (SSSR count). The number of carbonyl (C=O) groups excluding carboxylic acids is 1. The number of aryl methyl sites for hydroxylation is 3. The maximum atomic E-state index is 11.9. The Bertz CT molecular complexity index is 515. The van der Waals surface area contributed by atoms with E-state index in [9.17, 15) is 4.79 Å². The van der Waals surface area contributed by atoms with Crippen LogP contribution in [-0.2, 0) is 13.6 Å². The van der Waals surface area contributed by atoms with Gasteiger partial charge in [0.05, 0.1) is 11.3 Å². The van der Waals surface area contributed by atoms with Crippen LogP contribution in [0.1, 0.15) is 22.5 Å². The van der Waals surface area contributed by atoms with E-state index in [1.165, 1.54) is 0 Å². The monoisotopic (exact) mass is 247 g/mol. The van der Waals surface area contributed by atoms with Gasteiger partial charge in [-0.25, -0.2) is 0 Å². The van der Waals surface area contributed by atoms with Gasteiger partial charge in [-0.05, 0) is 19.4 Å². The van der Waals surface area contributed by atoms with Crippen LogP contribution in [0.3, 0.4) is 0 Å². The molecule has 1 amide bonds. The lowest BCUT2D eigenvalue weighted by atomic mass is 10.2. The fourth-order valence-electron chi connectivity index (χ4n) is 1.79. The maximum Gasteiger partial charge on any atom is 0.254 e. The van der Waals surface area contributed by atoms with Crippen LogP contribution in [-0.4, -0.2) is 32.0 Å². The smallest absolute Gasteiger partial charge is 0.254 e. The van der Waals surface area contributed by atoms with Crippen molar-refractivity contribution in [3.63, 3.8) is 0 Å². The molecule has 2 aromatic heterocycles. The zero-order chi connectivity index (χ0) is 13.0. The predicted octanol–water partition coefficient (Wildman–Crippen LogP) is 0.745. The van der Waals surface area contributed by atoms with Crippen LogP contribution in [0.5, 0.6) is 0 Å². The van der Waals surface area contributed by atoms with Gasteiger partial charge in [0.25, 0.3) is 5.91 Å². The molecule has 96 valence electrons. The normalized spacial score (nSPS) is 10.6. The quantitative estimate of drug-likeness (QED) is 0.793.